The third-order valence-electron chi connectivity index (χ3n) is 3.14. The van der Waals surface area contributed by atoms with Crippen molar-refractivity contribution >= 4 is 5.91 Å². The molecule has 0 bridgehead atoms. The lowest BCUT2D eigenvalue weighted by molar-refractivity contribution is -0.120. The topological polar surface area (TPSA) is 52.6 Å². The van der Waals surface area contributed by atoms with E-state index in [-0.39, 0.29) is 18.6 Å². The maximum absolute atomic E-state index is 11.1. The number of carbonyl (C=O) groups is 1. The summed E-state index contributed by atoms with van der Waals surface area (Å²) in [7, 11) is 2.01. The Hall–Kier alpha value is -0.610. The average Bonchev–Trinajstić information content (AvgIpc) is 2.18. The fraction of sp³-hybridized carbons (Fsp3) is 0.909. The predicted octanol–water partition coefficient (Wildman–Crippen LogP) is 0.358. The maximum Gasteiger partial charge on any atom is 0.217 e. The molecule has 0 aromatic rings. The first-order chi connectivity index (χ1) is 7.15. The van der Waals surface area contributed by atoms with Gasteiger partial charge < -0.3 is 10.4 Å². The molecule has 0 aromatic heterocycles. The van der Waals surface area contributed by atoms with Gasteiger partial charge in [0.05, 0.1) is 6.61 Å². The number of aliphatic hydroxyl groups excluding tert-OH is 1. The summed E-state index contributed by atoms with van der Waals surface area (Å²) in [5.41, 5.74) is 0. The highest BCUT2D eigenvalue weighted by molar-refractivity contribution is 5.73. The van der Waals surface area contributed by atoms with E-state index in [9.17, 15) is 4.79 Å². The third-order valence-corrected chi connectivity index (χ3v) is 3.14. The van der Waals surface area contributed by atoms with Crippen LogP contribution >= 0.6 is 0 Å². The van der Waals surface area contributed by atoms with Gasteiger partial charge in [-0.3, -0.25) is 9.69 Å². The number of amides is 1. The lowest BCUT2D eigenvalue weighted by Gasteiger charge is -2.38. The van der Waals surface area contributed by atoms with E-state index < -0.39 is 0 Å². The first kappa shape index (κ1) is 12.5. The molecule has 0 spiro atoms. The van der Waals surface area contributed by atoms with Crippen LogP contribution in [0, 0.1) is 0 Å². The molecular formula is C11H22N2O2. The standard InChI is InChI=1S/C11H22N2O2/c1-9(15)12-10-5-3-4-6-11(10)13(2)7-8-14/h10-11,14H,3-8H2,1-2H3,(H,12,15)/t10-,11+/m1/s1. The van der Waals surface area contributed by atoms with Gasteiger partial charge in [-0.25, -0.2) is 0 Å². The van der Waals surface area contributed by atoms with E-state index in [1.54, 1.807) is 6.92 Å². The summed E-state index contributed by atoms with van der Waals surface area (Å²) in [6.07, 6.45) is 4.58. The van der Waals surface area contributed by atoms with Crippen molar-refractivity contribution in [2.45, 2.75) is 44.7 Å². The Labute approximate surface area is 91.6 Å². The summed E-state index contributed by atoms with van der Waals surface area (Å²) in [4.78, 5) is 13.2. The molecule has 0 heterocycles. The lowest BCUT2D eigenvalue weighted by Crippen LogP contribution is -2.52. The Morgan fingerprint density at radius 1 is 1.47 bits per heavy atom. The molecular weight excluding hydrogens is 192 g/mol. The summed E-state index contributed by atoms with van der Waals surface area (Å²) in [6.45, 7) is 2.43. The molecule has 0 radical (unpaired) electrons. The van der Waals surface area contributed by atoms with Crippen LogP contribution in [0.25, 0.3) is 0 Å². The number of rotatable bonds is 4. The minimum Gasteiger partial charge on any atom is -0.395 e. The second-order valence-corrected chi connectivity index (χ2v) is 4.36. The Morgan fingerprint density at radius 3 is 2.73 bits per heavy atom. The smallest absolute Gasteiger partial charge is 0.217 e. The van der Waals surface area contributed by atoms with Gasteiger partial charge in [0.25, 0.3) is 0 Å². The van der Waals surface area contributed by atoms with Crippen LogP contribution in [0.4, 0.5) is 0 Å². The van der Waals surface area contributed by atoms with E-state index in [0.29, 0.717) is 12.6 Å². The van der Waals surface area contributed by atoms with Gasteiger partial charge in [-0.2, -0.15) is 0 Å². The van der Waals surface area contributed by atoms with Crippen molar-refractivity contribution in [3.05, 3.63) is 0 Å². The summed E-state index contributed by atoms with van der Waals surface area (Å²) in [6, 6.07) is 0.641. The predicted molar refractivity (Wildman–Crippen MR) is 59.6 cm³/mol. The Morgan fingerprint density at radius 2 is 2.13 bits per heavy atom. The van der Waals surface area contributed by atoms with Crippen molar-refractivity contribution in [2.24, 2.45) is 0 Å². The van der Waals surface area contributed by atoms with Crippen LogP contribution in [-0.4, -0.2) is 48.2 Å². The van der Waals surface area contributed by atoms with Gasteiger partial charge >= 0.3 is 0 Å². The SMILES string of the molecule is CC(=O)N[C@@H]1CCCC[C@@H]1N(C)CCO. The van der Waals surface area contributed by atoms with E-state index in [2.05, 4.69) is 10.2 Å². The van der Waals surface area contributed by atoms with Gasteiger partial charge in [-0.15, -0.1) is 0 Å². The van der Waals surface area contributed by atoms with Gasteiger partial charge in [0.1, 0.15) is 0 Å². The van der Waals surface area contributed by atoms with Crippen LogP contribution in [-0.2, 0) is 4.79 Å². The molecule has 1 aliphatic rings. The molecule has 88 valence electrons. The van der Waals surface area contributed by atoms with Crippen molar-refractivity contribution in [2.75, 3.05) is 20.2 Å². The van der Waals surface area contributed by atoms with Gasteiger partial charge in [0.15, 0.2) is 0 Å². The van der Waals surface area contributed by atoms with Gasteiger partial charge in [-0.05, 0) is 19.9 Å². The number of hydrogen-bond donors (Lipinski definition) is 2. The fourth-order valence-corrected chi connectivity index (χ4v) is 2.39. The van der Waals surface area contributed by atoms with Crippen molar-refractivity contribution in [1.82, 2.24) is 10.2 Å². The van der Waals surface area contributed by atoms with Gasteiger partial charge in [-0.1, -0.05) is 12.8 Å². The number of likely N-dealkylation sites (N-methyl/N-ethyl adjacent to an activating group) is 1. The Bertz CT molecular complexity index is 209. The number of carbonyl (C=O) groups excluding carboxylic acids is 1. The number of hydrogen-bond acceptors (Lipinski definition) is 3. The third kappa shape index (κ3) is 3.80. The zero-order valence-electron chi connectivity index (χ0n) is 9.70. The zero-order chi connectivity index (χ0) is 11.3. The number of nitrogens with one attached hydrogen (secondary N) is 1. The molecule has 0 saturated heterocycles. The van der Waals surface area contributed by atoms with E-state index in [4.69, 9.17) is 5.11 Å². The first-order valence-electron chi connectivity index (χ1n) is 5.73. The second kappa shape index (κ2) is 6.08. The zero-order valence-corrected chi connectivity index (χ0v) is 9.70. The summed E-state index contributed by atoms with van der Waals surface area (Å²) < 4.78 is 0. The monoisotopic (exact) mass is 214 g/mol. The normalized spacial score (nSPS) is 26.7. The van der Waals surface area contributed by atoms with Crippen molar-refractivity contribution in [3.8, 4) is 0 Å². The van der Waals surface area contributed by atoms with Crippen LogP contribution < -0.4 is 5.32 Å². The number of aliphatic hydroxyl groups is 1. The quantitative estimate of drug-likeness (QED) is 0.710. The van der Waals surface area contributed by atoms with Gasteiger partial charge in [0.2, 0.25) is 5.91 Å². The fourth-order valence-electron chi connectivity index (χ4n) is 2.39. The summed E-state index contributed by atoms with van der Waals surface area (Å²) in [5.74, 6) is 0.0456. The van der Waals surface area contributed by atoms with E-state index >= 15 is 0 Å². The molecule has 0 aromatic carbocycles. The molecule has 1 fully saturated rings. The highest BCUT2D eigenvalue weighted by Gasteiger charge is 2.28. The lowest BCUT2D eigenvalue weighted by atomic mass is 9.89. The van der Waals surface area contributed by atoms with Crippen LogP contribution in [0.2, 0.25) is 0 Å². The van der Waals surface area contributed by atoms with Crippen LogP contribution in [0.3, 0.4) is 0 Å². The molecule has 2 N–H and O–H groups in total. The molecule has 0 unspecified atom stereocenters. The Kier molecular flexibility index (Phi) is 5.05. The Balaban J connectivity index is 2.52. The molecule has 1 amide bonds. The van der Waals surface area contributed by atoms with Crippen LogP contribution in [0.1, 0.15) is 32.6 Å². The largest absolute Gasteiger partial charge is 0.395 e. The van der Waals surface area contributed by atoms with E-state index in [1.807, 2.05) is 7.05 Å². The molecule has 15 heavy (non-hydrogen) atoms. The summed E-state index contributed by atoms with van der Waals surface area (Å²) in [5, 5.41) is 11.9. The molecule has 1 saturated carbocycles. The molecule has 4 nitrogen and oxygen atoms in total. The molecule has 1 aliphatic carbocycles. The summed E-state index contributed by atoms with van der Waals surface area (Å²) >= 11 is 0. The first-order valence-corrected chi connectivity index (χ1v) is 5.73. The highest BCUT2D eigenvalue weighted by atomic mass is 16.3. The van der Waals surface area contributed by atoms with Crippen molar-refractivity contribution < 1.29 is 9.90 Å². The van der Waals surface area contributed by atoms with Gasteiger partial charge in [0, 0.05) is 25.6 Å². The molecule has 0 aliphatic heterocycles. The van der Waals surface area contributed by atoms with Crippen LogP contribution in [0.5, 0.6) is 0 Å². The van der Waals surface area contributed by atoms with Crippen LogP contribution in [0.15, 0.2) is 0 Å². The van der Waals surface area contributed by atoms with E-state index in [0.717, 1.165) is 12.8 Å². The second-order valence-electron chi connectivity index (χ2n) is 4.36. The average molecular weight is 214 g/mol. The maximum atomic E-state index is 11.1. The minimum atomic E-state index is 0.0456. The van der Waals surface area contributed by atoms with E-state index in [1.165, 1.54) is 12.8 Å². The molecule has 4 heteroatoms. The number of nitrogens with zero attached hydrogens (tertiary/aromatic N) is 1. The van der Waals surface area contributed by atoms with Crippen molar-refractivity contribution in [3.63, 3.8) is 0 Å². The minimum absolute atomic E-state index is 0.0456. The molecule has 1 rings (SSSR count). The highest BCUT2D eigenvalue weighted by Crippen LogP contribution is 2.22. The molecule has 2 atom stereocenters. The van der Waals surface area contributed by atoms with Crippen molar-refractivity contribution in [1.29, 1.82) is 0 Å².